The fourth-order valence-corrected chi connectivity index (χ4v) is 3.07. The second kappa shape index (κ2) is 5.94. The third-order valence-corrected chi connectivity index (χ3v) is 4.45. The van der Waals surface area contributed by atoms with Crippen LogP contribution in [0.4, 0.5) is 5.69 Å². The Balaban J connectivity index is 1.63. The van der Waals surface area contributed by atoms with E-state index in [0.717, 1.165) is 29.8 Å². The molecule has 1 heterocycles. The van der Waals surface area contributed by atoms with E-state index in [9.17, 15) is 0 Å². The lowest BCUT2D eigenvalue weighted by molar-refractivity contribution is 0.370. The summed E-state index contributed by atoms with van der Waals surface area (Å²) < 4.78 is 5.29. The quantitative estimate of drug-likeness (QED) is 0.849. The van der Waals surface area contributed by atoms with Gasteiger partial charge in [0, 0.05) is 12.2 Å². The Morgan fingerprint density at radius 3 is 2.81 bits per heavy atom. The first-order chi connectivity index (χ1) is 10.2. The molecule has 0 unspecified atom stereocenters. The van der Waals surface area contributed by atoms with Gasteiger partial charge in [-0.25, -0.2) is 4.98 Å². The average Bonchev–Trinajstić information content (AvgIpc) is 2.45. The van der Waals surface area contributed by atoms with Crippen LogP contribution < -0.4 is 10.1 Å². The van der Waals surface area contributed by atoms with Crippen LogP contribution in [0.2, 0.25) is 5.15 Å². The number of ether oxygens (including phenoxy) is 1. The number of hydrogen-bond acceptors (Lipinski definition) is 3. The van der Waals surface area contributed by atoms with Gasteiger partial charge in [0.25, 0.3) is 0 Å². The minimum Gasteiger partial charge on any atom is -0.497 e. The Bertz CT molecular complexity index is 618. The highest BCUT2D eigenvalue weighted by molar-refractivity contribution is 6.32. The molecule has 2 aromatic rings. The lowest BCUT2D eigenvalue weighted by atomic mass is 9.75. The van der Waals surface area contributed by atoms with Crippen molar-refractivity contribution >= 4 is 17.3 Å². The lowest BCUT2D eigenvalue weighted by Gasteiger charge is -2.37. The average molecular weight is 303 g/mol. The number of aryl methyl sites for hydroxylation is 1. The summed E-state index contributed by atoms with van der Waals surface area (Å²) in [7, 11) is 1.71. The highest BCUT2D eigenvalue weighted by Gasteiger charge is 2.31. The number of methoxy groups -OCH3 is 1. The minimum absolute atomic E-state index is 0.460. The first kappa shape index (κ1) is 14.2. The van der Waals surface area contributed by atoms with Gasteiger partial charge < -0.3 is 10.1 Å². The smallest absolute Gasteiger partial charge is 0.152 e. The Kier molecular flexibility index (Phi) is 4.02. The second-order valence-corrected chi connectivity index (χ2v) is 5.94. The molecule has 1 aromatic heterocycles. The number of nitrogens with zero attached hydrogens (tertiary/aromatic N) is 1. The molecule has 1 N–H and O–H groups in total. The van der Waals surface area contributed by atoms with Crippen molar-refractivity contribution in [1.29, 1.82) is 0 Å². The molecule has 110 valence electrons. The number of nitrogens with one attached hydrogen (secondary N) is 1. The van der Waals surface area contributed by atoms with Crippen LogP contribution in [0.25, 0.3) is 0 Å². The molecule has 0 spiro atoms. The van der Waals surface area contributed by atoms with Crippen LogP contribution >= 0.6 is 11.6 Å². The number of rotatable bonds is 4. The molecule has 1 aliphatic carbocycles. The fraction of sp³-hybridized carbons (Fsp3) is 0.353. The maximum absolute atomic E-state index is 6.16. The van der Waals surface area contributed by atoms with Gasteiger partial charge in [-0.15, -0.1) is 0 Å². The van der Waals surface area contributed by atoms with Crippen molar-refractivity contribution in [3.05, 3.63) is 52.8 Å². The van der Waals surface area contributed by atoms with Gasteiger partial charge >= 0.3 is 0 Å². The van der Waals surface area contributed by atoms with E-state index in [1.807, 2.05) is 19.1 Å². The van der Waals surface area contributed by atoms with Crippen LogP contribution in [0.15, 0.2) is 36.5 Å². The lowest BCUT2D eigenvalue weighted by Crippen LogP contribution is -2.34. The van der Waals surface area contributed by atoms with E-state index in [0.29, 0.717) is 17.1 Å². The largest absolute Gasteiger partial charge is 0.497 e. The van der Waals surface area contributed by atoms with Crippen molar-refractivity contribution in [3.63, 3.8) is 0 Å². The Labute approximate surface area is 130 Å². The Morgan fingerprint density at radius 2 is 2.10 bits per heavy atom. The molecule has 1 aliphatic rings. The first-order valence-corrected chi connectivity index (χ1v) is 7.56. The highest BCUT2D eigenvalue weighted by atomic mass is 35.5. The molecule has 0 aliphatic heterocycles. The molecule has 3 nitrogen and oxygen atoms in total. The second-order valence-electron chi connectivity index (χ2n) is 5.58. The number of hydrogen-bond donors (Lipinski definition) is 1. The molecule has 0 amide bonds. The van der Waals surface area contributed by atoms with Gasteiger partial charge in [-0.2, -0.15) is 0 Å². The van der Waals surface area contributed by atoms with Crippen molar-refractivity contribution in [1.82, 2.24) is 4.98 Å². The van der Waals surface area contributed by atoms with Crippen LogP contribution in [0.3, 0.4) is 0 Å². The molecule has 0 saturated heterocycles. The summed E-state index contributed by atoms with van der Waals surface area (Å²) in [6.07, 6.45) is 3.96. The van der Waals surface area contributed by atoms with Crippen LogP contribution in [0.5, 0.6) is 5.75 Å². The standard InChI is InChI=1S/C17H19ClN2O/c1-11-6-7-19-17(18)16(11)20-14-8-13(9-14)12-4-3-5-15(10-12)21-2/h3-7,10,13-14,20H,8-9H2,1-2H3. The summed E-state index contributed by atoms with van der Waals surface area (Å²) in [4.78, 5) is 4.14. The third-order valence-electron chi connectivity index (χ3n) is 4.16. The summed E-state index contributed by atoms with van der Waals surface area (Å²) in [6.45, 7) is 2.05. The molecule has 1 saturated carbocycles. The number of benzene rings is 1. The van der Waals surface area contributed by atoms with Gasteiger partial charge in [0.1, 0.15) is 5.75 Å². The van der Waals surface area contributed by atoms with E-state index in [2.05, 4.69) is 28.5 Å². The van der Waals surface area contributed by atoms with Crippen molar-refractivity contribution in [2.45, 2.75) is 31.7 Å². The van der Waals surface area contributed by atoms with E-state index in [-0.39, 0.29) is 0 Å². The zero-order valence-corrected chi connectivity index (χ0v) is 13.0. The number of pyridine rings is 1. The van der Waals surface area contributed by atoms with Crippen molar-refractivity contribution in [2.75, 3.05) is 12.4 Å². The SMILES string of the molecule is COc1cccc(C2CC(Nc3c(C)ccnc3Cl)C2)c1. The molecule has 21 heavy (non-hydrogen) atoms. The molecule has 1 aromatic carbocycles. The van der Waals surface area contributed by atoms with E-state index < -0.39 is 0 Å². The molecule has 4 heteroatoms. The Hall–Kier alpha value is -1.74. The highest BCUT2D eigenvalue weighted by Crippen LogP contribution is 2.40. The zero-order chi connectivity index (χ0) is 14.8. The van der Waals surface area contributed by atoms with Crippen LogP contribution in [0.1, 0.15) is 29.9 Å². The fourth-order valence-electron chi connectivity index (χ4n) is 2.81. The molecule has 0 radical (unpaired) electrons. The number of halogens is 1. The summed E-state index contributed by atoms with van der Waals surface area (Å²) in [6, 6.07) is 10.8. The summed E-state index contributed by atoms with van der Waals surface area (Å²) >= 11 is 6.16. The summed E-state index contributed by atoms with van der Waals surface area (Å²) in [5, 5.41) is 4.07. The van der Waals surface area contributed by atoms with E-state index in [1.54, 1.807) is 13.3 Å². The molecular formula is C17H19ClN2O. The van der Waals surface area contributed by atoms with Crippen molar-refractivity contribution in [2.24, 2.45) is 0 Å². The molecule has 0 atom stereocenters. The van der Waals surface area contributed by atoms with E-state index in [4.69, 9.17) is 16.3 Å². The molecule has 3 rings (SSSR count). The monoisotopic (exact) mass is 302 g/mol. The summed E-state index contributed by atoms with van der Waals surface area (Å²) in [5.74, 6) is 1.52. The van der Waals surface area contributed by atoms with E-state index in [1.165, 1.54) is 5.56 Å². The van der Waals surface area contributed by atoms with Crippen LogP contribution in [-0.4, -0.2) is 18.1 Å². The van der Waals surface area contributed by atoms with Gasteiger partial charge in [0.05, 0.1) is 12.8 Å². The molecule has 1 fully saturated rings. The molecule has 0 bridgehead atoms. The maximum Gasteiger partial charge on any atom is 0.152 e. The normalized spacial score (nSPS) is 20.7. The van der Waals surface area contributed by atoms with Gasteiger partial charge in [-0.3, -0.25) is 0 Å². The first-order valence-electron chi connectivity index (χ1n) is 7.19. The van der Waals surface area contributed by atoms with E-state index >= 15 is 0 Å². The van der Waals surface area contributed by atoms with Crippen LogP contribution in [-0.2, 0) is 0 Å². The van der Waals surface area contributed by atoms with Gasteiger partial charge in [0.2, 0.25) is 0 Å². The van der Waals surface area contributed by atoms with Gasteiger partial charge in [0.15, 0.2) is 5.15 Å². The minimum atomic E-state index is 0.460. The Morgan fingerprint density at radius 1 is 1.29 bits per heavy atom. The van der Waals surface area contributed by atoms with Crippen molar-refractivity contribution < 1.29 is 4.74 Å². The van der Waals surface area contributed by atoms with Gasteiger partial charge in [-0.1, -0.05) is 23.7 Å². The maximum atomic E-state index is 6.16. The predicted molar refractivity (Wildman–Crippen MR) is 86.4 cm³/mol. The van der Waals surface area contributed by atoms with Crippen LogP contribution in [0, 0.1) is 6.92 Å². The molecular weight excluding hydrogens is 284 g/mol. The predicted octanol–water partition coefficient (Wildman–Crippen LogP) is 4.41. The van der Waals surface area contributed by atoms with Crippen molar-refractivity contribution in [3.8, 4) is 5.75 Å². The number of anilines is 1. The number of aromatic nitrogens is 1. The summed E-state index contributed by atoms with van der Waals surface area (Å²) in [5.41, 5.74) is 3.45. The van der Waals surface area contributed by atoms with Gasteiger partial charge in [-0.05, 0) is 55.0 Å². The zero-order valence-electron chi connectivity index (χ0n) is 12.3. The third kappa shape index (κ3) is 2.98. The topological polar surface area (TPSA) is 34.1 Å².